The van der Waals surface area contributed by atoms with Gasteiger partial charge in [0.1, 0.15) is 0 Å². The van der Waals surface area contributed by atoms with Crippen molar-refractivity contribution >= 4 is 16.0 Å². The molecule has 0 bridgehead atoms. The van der Waals surface area contributed by atoms with Crippen LogP contribution in [0.25, 0.3) is 0 Å². The molecule has 0 aliphatic heterocycles. The van der Waals surface area contributed by atoms with E-state index in [1.165, 1.54) is 6.07 Å². The van der Waals surface area contributed by atoms with Gasteiger partial charge in [-0.1, -0.05) is 18.2 Å². The van der Waals surface area contributed by atoms with Gasteiger partial charge in [0.05, 0.1) is 11.3 Å². The number of carboxylic acids is 1. The third-order valence-electron chi connectivity index (χ3n) is 3.28. The monoisotopic (exact) mass is 283 g/mol. The number of rotatable bonds is 6. The first-order chi connectivity index (χ1) is 8.90. The fourth-order valence-corrected chi connectivity index (χ4v) is 3.66. The summed E-state index contributed by atoms with van der Waals surface area (Å²) >= 11 is 0. The second-order valence-corrected chi connectivity index (χ2v) is 6.61. The first-order valence-corrected chi connectivity index (χ1v) is 7.68. The van der Waals surface area contributed by atoms with Gasteiger partial charge in [-0.2, -0.15) is 0 Å². The lowest BCUT2D eigenvalue weighted by Gasteiger charge is -2.17. The zero-order chi connectivity index (χ0) is 14.0. The van der Waals surface area contributed by atoms with Crippen molar-refractivity contribution in [3.05, 3.63) is 29.8 Å². The molecule has 2 N–H and O–H groups in total. The maximum Gasteiger partial charge on any atom is 0.304 e. The van der Waals surface area contributed by atoms with Gasteiger partial charge in [-0.3, -0.25) is 4.79 Å². The molecule has 1 fully saturated rings. The largest absolute Gasteiger partial charge is 0.481 e. The summed E-state index contributed by atoms with van der Waals surface area (Å²) in [6.45, 7) is 1.72. The Kier molecular flexibility index (Phi) is 3.91. The fraction of sp³-hybridized carbons (Fsp3) is 0.462. The minimum Gasteiger partial charge on any atom is -0.481 e. The van der Waals surface area contributed by atoms with Crippen molar-refractivity contribution in [1.82, 2.24) is 4.72 Å². The van der Waals surface area contributed by atoms with Crippen LogP contribution in [0.2, 0.25) is 0 Å². The highest BCUT2D eigenvalue weighted by Gasteiger charge is 2.35. The van der Waals surface area contributed by atoms with Gasteiger partial charge in [0, 0.05) is 6.04 Å². The highest BCUT2D eigenvalue weighted by molar-refractivity contribution is 7.89. The predicted octanol–water partition coefficient (Wildman–Crippen LogP) is 1.53. The van der Waals surface area contributed by atoms with E-state index < -0.39 is 22.0 Å². The Morgan fingerprint density at radius 3 is 2.58 bits per heavy atom. The van der Waals surface area contributed by atoms with Crippen LogP contribution in [0, 0.1) is 12.8 Å². The van der Waals surface area contributed by atoms with E-state index in [9.17, 15) is 13.2 Å². The van der Waals surface area contributed by atoms with Crippen molar-refractivity contribution in [2.75, 3.05) is 0 Å². The normalized spacial score (nSPS) is 17.1. The average molecular weight is 283 g/mol. The van der Waals surface area contributed by atoms with Crippen molar-refractivity contribution in [1.29, 1.82) is 0 Å². The van der Waals surface area contributed by atoms with Gasteiger partial charge >= 0.3 is 5.97 Å². The zero-order valence-corrected chi connectivity index (χ0v) is 11.5. The summed E-state index contributed by atoms with van der Waals surface area (Å²) in [6.07, 6.45) is 1.60. The summed E-state index contributed by atoms with van der Waals surface area (Å²) in [5.74, 6) is -0.834. The molecule has 5 nitrogen and oxygen atoms in total. The topological polar surface area (TPSA) is 83.5 Å². The highest BCUT2D eigenvalue weighted by Crippen LogP contribution is 2.34. The lowest BCUT2D eigenvalue weighted by atomic mass is 10.1. The van der Waals surface area contributed by atoms with Gasteiger partial charge in [-0.05, 0) is 37.3 Å². The van der Waals surface area contributed by atoms with Crippen LogP contribution in [0.15, 0.2) is 29.2 Å². The van der Waals surface area contributed by atoms with Crippen LogP contribution >= 0.6 is 0 Å². The number of aryl methyl sites for hydroxylation is 1. The molecular formula is C13H17NO4S. The molecule has 0 saturated heterocycles. The van der Waals surface area contributed by atoms with Crippen molar-refractivity contribution in [2.45, 2.75) is 37.1 Å². The molecule has 1 aliphatic carbocycles. The van der Waals surface area contributed by atoms with E-state index in [1.807, 2.05) is 0 Å². The van der Waals surface area contributed by atoms with Crippen molar-refractivity contribution in [2.24, 2.45) is 5.92 Å². The van der Waals surface area contributed by atoms with Crippen LogP contribution in [-0.4, -0.2) is 25.5 Å². The Hall–Kier alpha value is -1.40. The molecule has 0 heterocycles. The Balaban J connectivity index is 2.20. The predicted molar refractivity (Wildman–Crippen MR) is 70.3 cm³/mol. The number of aliphatic carboxylic acids is 1. The van der Waals surface area contributed by atoms with E-state index in [0.717, 1.165) is 12.8 Å². The fourth-order valence-electron chi connectivity index (χ4n) is 2.11. The van der Waals surface area contributed by atoms with Gasteiger partial charge in [-0.25, -0.2) is 13.1 Å². The minimum atomic E-state index is -3.65. The number of sulfonamides is 1. The highest BCUT2D eigenvalue weighted by atomic mass is 32.2. The Labute approximate surface area is 112 Å². The zero-order valence-electron chi connectivity index (χ0n) is 10.7. The maximum absolute atomic E-state index is 12.3. The minimum absolute atomic E-state index is 0.148. The van der Waals surface area contributed by atoms with E-state index in [1.54, 1.807) is 25.1 Å². The van der Waals surface area contributed by atoms with Crippen molar-refractivity contribution in [3.63, 3.8) is 0 Å². The van der Waals surface area contributed by atoms with Crippen LogP contribution in [0.1, 0.15) is 24.8 Å². The molecule has 104 valence electrons. The van der Waals surface area contributed by atoms with Gasteiger partial charge in [0.15, 0.2) is 0 Å². The summed E-state index contributed by atoms with van der Waals surface area (Å²) < 4.78 is 27.1. The molecule has 0 spiro atoms. The standard InChI is InChI=1S/C13H17NO4S/c1-9-4-2-3-5-12(9)19(17,18)14-11(8-13(15)16)10-6-7-10/h2-5,10-11,14H,6-8H2,1H3,(H,15,16). The van der Waals surface area contributed by atoms with Gasteiger partial charge in [0.25, 0.3) is 0 Å². The Bertz CT molecular complexity index is 578. The van der Waals surface area contributed by atoms with Crippen LogP contribution in [-0.2, 0) is 14.8 Å². The quantitative estimate of drug-likeness (QED) is 0.829. The number of benzene rings is 1. The van der Waals surface area contributed by atoms with Crippen LogP contribution in [0.4, 0.5) is 0 Å². The van der Waals surface area contributed by atoms with E-state index in [-0.39, 0.29) is 17.2 Å². The van der Waals surface area contributed by atoms with Gasteiger partial charge < -0.3 is 5.11 Å². The molecule has 0 amide bonds. The molecule has 19 heavy (non-hydrogen) atoms. The molecule has 6 heteroatoms. The molecule has 1 aromatic carbocycles. The van der Waals surface area contributed by atoms with Gasteiger partial charge in [0.2, 0.25) is 10.0 Å². The first-order valence-electron chi connectivity index (χ1n) is 6.20. The Morgan fingerprint density at radius 2 is 2.05 bits per heavy atom. The molecule has 1 aromatic rings. The van der Waals surface area contributed by atoms with Gasteiger partial charge in [-0.15, -0.1) is 0 Å². The van der Waals surface area contributed by atoms with Crippen molar-refractivity contribution in [3.8, 4) is 0 Å². The van der Waals surface area contributed by atoms with Crippen LogP contribution < -0.4 is 4.72 Å². The van der Waals surface area contributed by atoms with E-state index in [2.05, 4.69) is 4.72 Å². The number of carboxylic acid groups (broad SMARTS) is 1. The number of hydrogen-bond acceptors (Lipinski definition) is 3. The lowest BCUT2D eigenvalue weighted by Crippen LogP contribution is -2.38. The van der Waals surface area contributed by atoms with E-state index in [4.69, 9.17) is 5.11 Å². The molecule has 1 saturated carbocycles. The van der Waals surface area contributed by atoms with Crippen LogP contribution in [0.3, 0.4) is 0 Å². The maximum atomic E-state index is 12.3. The van der Waals surface area contributed by atoms with Crippen LogP contribution in [0.5, 0.6) is 0 Å². The Morgan fingerprint density at radius 1 is 1.42 bits per heavy atom. The number of carbonyl (C=O) groups is 1. The third kappa shape index (κ3) is 3.54. The second-order valence-electron chi connectivity index (χ2n) is 4.93. The summed E-state index contributed by atoms with van der Waals surface area (Å²) in [6, 6.07) is 6.16. The first kappa shape index (κ1) is 14.0. The molecule has 0 radical (unpaired) electrons. The summed E-state index contributed by atoms with van der Waals surface area (Å²) in [5.41, 5.74) is 0.653. The smallest absolute Gasteiger partial charge is 0.304 e. The molecule has 1 atom stereocenters. The van der Waals surface area contributed by atoms with Crippen molar-refractivity contribution < 1.29 is 18.3 Å². The van der Waals surface area contributed by atoms with E-state index >= 15 is 0 Å². The summed E-state index contributed by atoms with van der Waals surface area (Å²) in [5, 5.41) is 8.85. The van der Waals surface area contributed by atoms with E-state index in [0.29, 0.717) is 5.56 Å². The second kappa shape index (κ2) is 5.30. The molecular weight excluding hydrogens is 266 g/mol. The average Bonchev–Trinajstić information content (AvgIpc) is 3.11. The molecule has 0 aromatic heterocycles. The lowest BCUT2D eigenvalue weighted by molar-refractivity contribution is -0.137. The number of nitrogens with one attached hydrogen (secondary N) is 1. The third-order valence-corrected chi connectivity index (χ3v) is 4.93. The molecule has 2 rings (SSSR count). The SMILES string of the molecule is Cc1ccccc1S(=O)(=O)NC(CC(=O)O)C1CC1. The summed E-state index contributed by atoms with van der Waals surface area (Å²) in [7, 11) is -3.65. The summed E-state index contributed by atoms with van der Waals surface area (Å²) in [4.78, 5) is 11.0. The molecule has 1 unspecified atom stereocenters. The molecule has 1 aliphatic rings. The number of hydrogen-bond donors (Lipinski definition) is 2.